The van der Waals surface area contributed by atoms with Crippen molar-refractivity contribution in [2.75, 3.05) is 31.3 Å². The van der Waals surface area contributed by atoms with Gasteiger partial charge in [-0.1, -0.05) is 0 Å². The molecule has 6 heteroatoms. The summed E-state index contributed by atoms with van der Waals surface area (Å²) in [7, 11) is 3.63. The number of fused-ring (bicyclic) bond motifs is 1. The minimum Gasteiger partial charge on any atom is -0.376 e. The third kappa shape index (κ3) is 2.26. The zero-order valence-corrected chi connectivity index (χ0v) is 12.0. The first kappa shape index (κ1) is 12.6. The van der Waals surface area contributed by atoms with E-state index in [9.17, 15) is 0 Å². The maximum atomic E-state index is 5.63. The summed E-state index contributed by atoms with van der Waals surface area (Å²) in [5.41, 5.74) is -0.00684. The van der Waals surface area contributed by atoms with Crippen LogP contribution >= 0.6 is 11.3 Å². The summed E-state index contributed by atoms with van der Waals surface area (Å²) in [5.74, 6) is 1.54. The molecule has 1 aliphatic rings. The molecule has 0 spiro atoms. The minimum atomic E-state index is -0.00684. The van der Waals surface area contributed by atoms with Crippen molar-refractivity contribution in [2.24, 2.45) is 0 Å². The fourth-order valence-electron chi connectivity index (χ4n) is 2.37. The number of hydrogen-bond acceptors (Lipinski definition) is 6. The molecule has 3 rings (SSSR count). The Balaban J connectivity index is 1.85. The second-order valence-corrected chi connectivity index (χ2v) is 5.77. The molecular formula is C13H18N4OS. The number of methoxy groups -OCH3 is 1. The number of nitrogens with zero attached hydrogens (tertiary/aromatic N) is 2. The number of rotatable bonds is 5. The Morgan fingerprint density at radius 2 is 2.26 bits per heavy atom. The van der Waals surface area contributed by atoms with Gasteiger partial charge in [-0.05, 0) is 30.7 Å². The summed E-state index contributed by atoms with van der Waals surface area (Å²) >= 11 is 1.63. The fraction of sp³-hybridized carbons (Fsp3) is 0.538. The van der Waals surface area contributed by atoms with Crippen LogP contribution in [0.15, 0.2) is 11.4 Å². The molecule has 0 bridgehead atoms. The first-order chi connectivity index (χ1) is 9.26. The van der Waals surface area contributed by atoms with Crippen LogP contribution in [-0.4, -0.2) is 36.3 Å². The zero-order chi connectivity index (χ0) is 13.3. The van der Waals surface area contributed by atoms with Crippen LogP contribution in [0.4, 0.5) is 11.8 Å². The second kappa shape index (κ2) is 4.94. The predicted octanol–water partition coefficient (Wildman–Crippen LogP) is 2.71. The standard InChI is InChI=1S/C13H18N4OS/c1-14-12-16-10(9-4-7-19-11(9)17-12)15-8-13(18-2)5-3-6-13/h4,7H,3,5-6,8H2,1-2H3,(H2,14,15,16,17). The average Bonchev–Trinajstić information content (AvgIpc) is 2.85. The van der Waals surface area contributed by atoms with Crippen LogP contribution in [0, 0.1) is 0 Å². The van der Waals surface area contributed by atoms with E-state index in [-0.39, 0.29) is 5.60 Å². The number of anilines is 2. The predicted molar refractivity (Wildman–Crippen MR) is 79.0 cm³/mol. The van der Waals surface area contributed by atoms with Gasteiger partial charge in [-0.15, -0.1) is 11.3 Å². The highest BCUT2D eigenvalue weighted by Gasteiger charge is 2.36. The molecule has 2 N–H and O–H groups in total. The number of thiophene rings is 1. The highest BCUT2D eigenvalue weighted by Crippen LogP contribution is 2.35. The Morgan fingerprint density at radius 1 is 1.42 bits per heavy atom. The molecule has 0 aliphatic heterocycles. The van der Waals surface area contributed by atoms with Gasteiger partial charge in [-0.2, -0.15) is 4.98 Å². The topological polar surface area (TPSA) is 59.1 Å². The van der Waals surface area contributed by atoms with Crippen LogP contribution in [0.5, 0.6) is 0 Å². The SMILES string of the molecule is CNc1nc(NCC2(OC)CCC2)c2ccsc2n1. The maximum Gasteiger partial charge on any atom is 0.225 e. The van der Waals surface area contributed by atoms with Crippen molar-refractivity contribution in [3.05, 3.63) is 11.4 Å². The van der Waals surface area contributed by atoms with Crippen molar-refractivity contribution in [1.82, 2.24) is 9.97 Å². The van der Waals surface area contributed by atoms with E-state index in [4.69, 9.17) is 4.74 Å². The molecule has 2 aromatic heterocycles. The van der Waals surface area contributed by atoms with Crippen molar-refractivity contribution in [1.29, 1.82) is 0 Å². The number of aromatic nitrogens is 2. The van der Waals surface area contributed by atoms with Crippen LogP contribution in [0.3, 0.4) is 0 Å². The Kier molecular flexibility index (Phi) is 3.28. The van der Waals surface area contributed by atoms with E-state index in [1.165, 1.54) is 6.42 Å². The molecule has 5 nitrogen and oxygen atoms in total. The van der Waals surface area contributed by atoms with Crippen molar-refractivity contribution in [2.45, 2.75) is 24.9 Å². The lowest BCUT2D eigenvalue weighted by molar-refractivity contribution is -0.0601. The molecule has 1 fully saturated rings. The Labute approximate surface area is 116 Å². The molecule has 0 aromatic carbocycles. The van der Waals surface area contributed by atoms with Gasteiger partial charge >= 0.3 is 0 Å². The van der Waals surface area contributed by atoms with Crippen molar-refractivity contribution in [3.8, 4) is 0 Å². The number of hydrogen-bond donors (Lipinski definition) is 2. The Morgan fingerprint density at radius 3 is 2.89 bits per heavy atom. The summed E-state index contributed by atoms with van der Waals surface area (Å²) in [6, 6.07) is 2.06. The zero-order valence-electron chi connectivity index (χ0n) is 11.2. The lowest BCUT2D eigenvalue weighted by Crippen LogP contribution is -2.45. The van der Waals surface area contributed by atoms with Crippen LogP contribution in [0.25, 0.3) is 10.2 Å². The van der Waals surface area contributed by atoms with E-state index in [1.807, 2.05) is 12.4 Å². The Hall–Kier alpha value is -1.40. The van der Waals surface area contributed by atoms with Gasteiger partial charge in [0.05, 0.1) is 11.0 Å². The maximum absolute atomic E-state index is 5.63. The van der Waals surface area contributed by atoms with Gasteiger partial charge in [0.1, 0.15) is 10.6 Å². The third-order valence-electron chi connectivity index (χ3n) is 3.82. The molecule has 1 saturated carbocycles. The largest absolute Gasteiger partial charge is 0.376 e. The van der Waals surface area contributed by atoms with E-state index >= 15 is 0 Å². The van der Waals surface area contributed by atoms with E-state index < -0.39 is 0 Å². The molecule has 2 aromatic rings. The second-order valence-electron chi connectivity index (χ2n) is 4.88. The van der Waals surface area contributed by atoms with Crippen LogP contribution in [0.1, 0.15) is 19.3 Å². The van der Waals surface area contributed by atoms with E-state index in [0.717, 1.165) is 35.4 Å². The smallest absolute Gasteiger partial charge is 0.225 e. The van der Waals surface area contributed by atoms with E-state index in [0.29, 0.717) is 5.95 Å². The summed E-state index contributed by atoms with van der Waals surface area (Å²) in [6.07, 6.45) is 3.48. The molecule has 102 valence electrons. The van der Waals surface area contributed by atoms with Crippen molar-refractivity contribution < 1.29 is 4.74 Å². The molecule has 19 heavy (non-hydrogen) atoms. The van der Waals surface area contributed by atoms with Crippen molar-refractivity contribution >= 4 is 33.3 Å². The summed E-state index contributed by atoms with van der Waals surface area (Å²) in [4.78, 5) is 9.95. The molecular weight excluding hydrogens is 260 g/mol. The van der Waals surface area contributed by atoms with Crippen molar-refractivity contribution in [3.63, 3.8) is 0 Å². The first-order valence-electron chi connectivity index (χ1n) is 6.48. The molecule has 2 heterocycles. The van der Waals surface area contributed by atoms with E-state index in [2.05, 4.69) is 26.7 Å². The quantitative estimate of drug-likeness (QED) is 0.880. The lowest BCUT2D eigenvalue weighted by Gasteiger charge is -2.40. The number of nitrogens with one attached hydrogen (secondary N) is 2. The molecule has 1 aliphatic carbocycles. The van der Waals surface area contributed by atoms with Gasteiger partial charge in [0, 0.05) is 20.7 Å². The normalized spacial score (nSPS) is 17.2. The Bertz CT molecular complexity index is 574. The van der Waals surface area contributed by atoms with Gasteiger partial charge in [-0.3, -0.25) is 0 Å². The summed E-state index contributed by atoms with van der Waals surface area (Å²) < 4.78 is 5.63. The van der Waals surface area contributed by atoms with E-state index in [1.54, 1.807) is 18.4 Å². The summed E-state index contributed by atoms with van der Waals surface area (Å²) in [5, 5.41) is 9.55. The molecule has 0 radical (unpaired) electrons. The monoisotopic (exact) mass is 278 g/mol. The highest BCUT2D eigenvalue weighted by atomic mass is 32.1. The lowest BCUT2D eigenvalue weighted by atomic mass is 9.80. The highest BCUT2D eigenvalue weighted by molar-refractivity contribution is 7.16. The van der Waals surface area contributed by atoms with Gasteiger partial charge in [0.15, 0.2) is 0 Å². The van der Waals surface area contributed by atoms with Crippen LogP contribution in [0.2, 0.25) is 0 Å². The molecule has 0 atom stereocenters. The minimum absolute atomic E-state index is 0.00684. The van der Waals surface area contributed by atoms with Crippen LogP contribution < -0.4 is 10.6 Å². The number of ether oxygens (including phenoxy) is 1. The molecule has 0 saturated heterocycles. The van der Waals surface area contributed by atoms with Gasteiger partial charge < -0.3 is 15.4 Å². The third-order valence-corrected chi connectivity index (χ3v) is 4.63. The summed E-state index contributed by atoms with van der Waals surface area (Å²) in [6.45, 7) is 0.800. The van der Waals surface area contributed by atoms with Gasteiger partial charge in [-0.25, -0.2) is 4.98 Å². The van der Waals surface area contributed by atoms with Gasteiger partial charge in [0.2, 0.25) is 5.95 Å². The van der Waals surface area contributed by atoms with Gasteiger partial charge in [0.25, 0.3) is 0 Å². The molecule has 0 unspecified atom stereocenters. The fourth-order valence-corrected chi connectivity index (χ4v) is 3.13. The molecule has 0 amide bonds. The average molecular weight is 278 g/mol. The van der Waals surface area contributed by atoms with Crippen LogP contribution in [-0.2, 0) is 4.74 Å². The first-order valence-corrected chi connectivity index (χ1v) is 7.36.